The molecule has 2 N–H and O–H groups in total. The second-order valence-corrected chi connectivity index (χ2v) is 3.03. The van der Waals surface area contributed by atoms with Gasteiger partial charge in [-0.2, -0.15) is 0 Å². The number of aliphatic hydroxyl groups is 1. The third-order valence-electron chi connectivity index (χ3n) is 2.19. The van der Waals surface area contributed by atoms with Gasteiger partial charge < -0.3 is 10.2 Å². The van der Waals surface area contributed by atoms with Crippen LogP contribution in [0.2, 0.25) is 0 Å². The summed E-state index contributed by atoms with van der Waals surface area (Å²) in [7, 11) is 0. The number of rotatable bonds is 3. The van der Waals surface area contributed by atoms with Gasteiger partial charge in [0.25, 0.3) is 0 Å². The van der Waals surface area contributed by atoms with Crippen LogP contribution < -0.4 is 0 Å². The Labute approximate surface area is 80.8 Å². The van der Waals surface area contributed by atoms with Crippen LogP contribution in [0.3, 0.4) is 0 Å². The predicted molar refractivity (Wildman–Crippen MR) is 48.2 cm³/mol. The molecule has 0 aliphatic carbocycles. The highest BCUT2D eigenvalue weighted by Crippen LogP contribution is 2.25. The number of hydrogen-bond donors (Lipinski definition) is 2. The minimum atomic E-state index is -1.92. The summed E-state index contributed by atoms with van der Waals surface area (Å²) in [5.74, 6) is -1.79. The lowest BCUT2D eigenvalue weighted by molar-refractivity contribution is -0.160. The molecule has 1 aromatic carbocycles. The van der Waals surface area contributed by atoms with E-state index in [1.54, 1.807) is 6.92 Å². The van der Waals surface area contributed by atoms with Crippen molar-refractivity contribution in [3.05, 3.63) is 35.6 Å². The van der Waals surface area contributed by atoms with Crippen LogP contribution in [0.5, 0.6) is 0 Å². The lowest BCUT2D eigenvalue weighted by atomic mass is 9.91. The Morgan fingerprint density at radius 3 is 2.29 bits per heavy atom. The van der Waals surface area contributed by atoms with E-state index in [4.69, 9.17) is 5.11 Å². The molecular formula is C10H11FO3. The normalized spacial score (nSPS) is 14.8. The number of hydrogen-bond acceptors (Lipinski definition) is 2. The van der Waals surface area contributed by atoms with Crippen LogP contribution in [0.25, 0.3) is 0 Å². The van der Waals surface area contributed by atoms with Crippen molar-refractivity contribution in [2.45, 2.75) is 18.9 Å². The Kier molecular flexibility index (Phi) is 2.86. The Hall–Kier alpha value is -1.42. The van der Waals surface area contributed by atoms with Crippen LogP contribution in [0.1, 0.15) is 18.9 Å². The fourth-order valence-corrected chi connectivity index (χ4v) is 1.20. The first-order chi connectivity index (χ1) is 6.50. The van der Waals surface area contributed by atoms with Gasteiger partial charge in [-0.05, 0) is 24.1 Å². The minimum absolute atomic E-state index is 0.0357. The lowest BCUT2D eigenvalue weighted by Gasteiger charge is -2.21. The average Bonchev–Trinajstić information content (AvgIpc) is 2.17. The number of aliphatic carboxylic acids is 1. The molecular weight excluding hydrogens is 187 g/mol. The minimum Gasteiger partial charge on any atom is -0.479 e. The summed E-state index contributed by atoms with van der Waals surface area (Å²) in [6, 6.07) is 4.79. The average molecular weight is 198 g/mol. The van der Waals surface area contributed by atoms with Gasteiger partial charge in [0, 0.05) is 0 Å². The van der Waals surface area contributed by atoms with Crippen molar-refractivity contribution >= 4 is 5.97 Å². The molecule has 0 spiro atoms. The van der Waals surface area contributed by atoms with Gasteiger partial charge in [0.15, 0.2) is 5.60 Å². The van der Waals surface area contributed by atoms with Crippen molar-refractivity contribution in [2.24, 2.45) is 0 Å². The Morgan fingerprint density at radius 1 is 1.43 bits per heavy atom. The van der Waals surface area contributed by atoms with Gasteiger partial charge in [-0.25, -0.2) is 9.18 Å². The van der Waals surface area contributed by atoms with Gasteiger partial charge in [0.2, 0.25) is 0 Å². The predicted octanol–water partition coefficient (Wildman–Crippen LogP) is 1.51. The maximum absolute atomic E-state index is 12.6. The molecule has 0 fully saturated rings. The molecule has 0 aromatic heterocycles. The number of carbonyl (C=O) groups is 1. The highest BCUT2D eigenvalue weighted by Gasteiger charge is 2.35. The quantitative estimate of drug-likeness (QED) is 0.773. The SMILES string of the molecule is CC[C@](O)(C(=O)O)c1ccc(F)cc1. The van der Waals surface area contributed by atoms with E-state index >= 15 is 0 Å². The maximum Gasteiger partial charge on any atom is 0.340 e. The van der Waals surface area contributed by atoms with E-state index in [0.29, 0.717) is 0 Å². The van der Waals surface area contributed by atoms with Crippen LogP contribution >= 0.6 is 0 Å². The van der Waals surface area contributed by atoms with E-state index in [1.165, 1.54) is 12.1 Å². The number of carboxylic acid groups (broad SMARTS) is 1. The first-order valence-electron chi connectivity index (χ1n) is 4.22. The zero-order chi connectivity index (χ0) is 10.8. The van der Waals surface area contributed by atoms with Crippen molar-refractivity contribution in [2.75, 3.05) is 0 Å². The molecule has 1 aromatic rings. The number of benzene rings is 1. The summed E-state index contributed by atoms with van der Waals surface area (Å²) in [5, 5.41) is 18.5. The molecule has 0 unspecified atom stereocenters. The van der Waals surface area contributed by atoms with E-state index in [9.17, 15) is 14.3 Å². The third-order valence-corrected chi connectivity index (χ3v) is 2.19. The van der Waals surface area contributed by atoms with Crippen LogP contribution in [-0.2, 0) is 10.4 Å². The van der Waals surface area contributed by atoms with Gasteiger partial charge in [0.1, 0.15) is 5.82 Å². The lowest BCUT2D eigenvalue weighted by Crippen LogP contribution is -2.34. The smallest absolute Gasteiger partial charge is 0.340 e. The molecule has 4 heteroatoms. The molecule has 0 amide bonds. The van der Waals surface area contributed by atoms with Crippen LogP contribution in [0.15, 0.2) is 24.3 Å². The van der Waals surface area contributed by atoms with Crippen molar-refractivity contribution in [3.63, 3.8) is 0 Å². The highest BCUT2D eigenvalue weighted by molar-refractivity contribution is 5.78. The summed E-state index contributed by atoms with van der Waals surface area (Å²) in [6.45, 7) is 1.55. The first-order valence-corrected chi connectivity index (χ1v) is 4.22. The summed E-state index contributed by atoms with van der Waals surface area (Å²) >= 11 is 0. The standard InChI is InChI=1S/C10H11FO3/c1-2-10(14,9(12)13)7-3-5-8(11)6-4-7/h3-6,14H,2H2,1H3,(H,12,13)/t10-/m1/s1. The largest absolute Gasteiger partial charge is 0.479 e. The van der Waals surface area contributed by atoms with Gasteiger partial charge >= 0.3 is 5.97 Å². The third kappa shape index (κ3) is 1.75. The fourth-order valence-electron chi connectivity index (χ4n) is 1.20. The summed E-state index contributed by atoms with van der Waals surface area (Å²) in [5.41, 5.74) is -1.73. The molecule has 1 atom stereocenters. The van der Waals surface area contributed by atoms with Gasteiger partial charge in [-0.15, -0.1) is 0 Å². The monoisotopic (exact) mass is 198 g/mol. The Bertz CT molecular complexity index is 334. The van der Waals surface area contributed by atoms with Crippen molar-refractivity contribution in [3.8, 4) is 0 Å². The molecule has 14 heavy (non-hydrogen) atoms. The van der Waals surface area contributed by atoms with Gasteiger partial charge in [-0.3, -0.25) is 0 Å². The molecule has 0 saturated carbocycles. The molecule has 0 radical (unpaired) electrons. The van der Waals surface area contributed by atoms with Gasteiger partial charge in [-0.1, -0.05) is 19.1 Å². The molecule has 0 heterocycles. The first kappa shape index (κ1) is 10.7. The fraction of sp³-hybridized carbons (Fsp3) is 0.300. The van der Waals surface area contributed by atoms with Crippen LogP contribution in [0, 0.1) is 5.82 Å². The second-order valence-electron chi connectivity index (χ2n) is 3.03. The second kappa shape index (κ2) is 3.75. The topological polar surface area (TPSA) is 57.5 Å². The van der Waals surface area contributed by atoms with E-state index < -0.39 is 17.4 Å². The van der Waals surface area contributed by atoms with Crippen molar-refractivity contribution in [1.82, 2.24) is 0 Å². The molecule has 0 bridgehead atoms. The zero-order valence-electron chi connectivity index (χ0n) is 7.70. The molecule has 76 valence electrons. The van der Waals surface area contributed by atoms with Gasteiger partial charge in [0.05, 0.1) is 0 Å². The molecule has 0 aliphatic rings. The summed E-state index contributed by atoms with van der Waals surface area (Å²) < 4.78 is 12.6. The van der Waals surface area contributed by atoms with Crippen molar-refractivity contribution in [1.29, 1.82) is 0 Å². The zero-order valence-corrected chi connectivity index (χ0v) is 7.70. The summed E-state index contributed by atoms with van der Waals surface area (Å²) in [4.78, 5) is 10.8. The molecule has 3 nitrogen and oxygen atoms in total. The van der Waals surface area contributed by atoms with E-state index in [2.05, 4.69) is 0 Å². The molecule has 1 rings (SSSR count). The van der Waals surface area contributed by atoms with Crippen LogP contribution in [0.4, 0.5) is 4.39 Å². The number of carboxylic acids is 1. The Morgan fingerprint density at radius 2 is 1.93 bits per heavy atom. The van der Waals surface area contributed by atoms with Crippen molar-refractivity contribution < 1.29 is 19.4 Å². The summed E-state index contributed by atoms with van der Waals surface area (Å²) in [6.07, 6.45) is 0.0357. The van der Waals surface area contributed by atoms with Crippen LogP contribution in [-0.4, -0.2) is 16.2 Å². The highest BCUT2D eigenvalue weighted by atomic mass is 19.1. The number of halogens is 1. The van der Waals surface area contributed by atoms with E-state index in [0.717, 1.165) is 12.1 Å². The molecule has 0 aliphatic heterocycles. The molecule has 0 saturated heterocycles. The van der Waals surface area contributed by atoms with E-state index in [1.807, 2.05) is 0 Å². The van der Waals surface area contributed by atoms with E-state index in [-0.39, 0.29) is 12.0 Å². The maximum atomic E-state index is 12.6. The Balaban J connectivity index is 3.13.